The van der Waals surface area contributed by atoms with Gasteiger partial charge in [-0.05, 0) is 18.9 Å². The smallest absolute Gasteiger partial charge is 0.235 e. The summed E-state index contributed by atoms with van der Waals surface area (Å²) < 4.78 is 31.4. The highest BCUT2D eigenvalue weighted by molar-refractivity contribution is 7.92. The van der Waals surface area contributed by atoms with E-state index >= 15 is 0 Å². The molecule has 0 amide bonds. The Labute approximate surface area is 109 Å². The second kappa shape index (κ2) is 5.28. The molecular formula is C13H19NO3S. The lowest BCUT2D eigenvalue weighted by Crippen LogP contribution is -2.38. The van der Waals surface area contributed by atoms with Gasteiger partial charge >= 0.3 is 0 Å². The number of ether oxygens (including phenoxy) is 1. The van der Waals surface area contributed by atoms with Gasteiger partial charge in [0.1, 0.15) is 0 Å². The summed E-state index contributed by atoms with van der Waals surface area (Å²) >= 11 is 0. The molecule has 0 N–H and O–H groups in total. The molecule has 18 heavy (non-hydrogen) atoms. The number of anilines is 1. The molecular weight excluding hydrogens is 250 g/mol. The number of benzene rings is 1. The minimum absolute atomic E-state index is 0.00530. The first-order valence-electron chi connectivity index (χ1n) is 6.22. The Morgan fingerprint density at radius 2 is 2.11 bits per heavy atom. The molecule has 2 rings (SSSR count). The maximum absolute atomic E-state index is 12.2. The summed E-state index contributed by atoms with van der Waals surface area (Å²) in [5.74, 6) is 0.193. The van der Waals surface area contributed by atoms with Crippen molar-refractivity contribution < 1.29 is 13.2 Å². The third kappa shape index (κ3) is 2.37. The van der Waals surface area contributed by atoms with Gasteiger partial charge in [0.2, 0.25) is 10.0 Å². The second-order valence-corrected chi connectivity index (χ2v) is 6.47. The Hall–Kier alpha value is -1.07. The van der Waals surface area contributed by atoms with Crippen molar-refractivity contribution >= 4 is 15.7 Å². The molecule has 0 saturated carbocycles. The summed E-state index contributed by atoms with van der Waals surface area (Å²) in [7, 11) is -1.54. The minimum atomic E-state index is -3.20. The maximum Gasteiger partial charge on any atom is 0.235 e. The zero-order valence-corrected chi connectivity index (χ0v) is 11.6. The fourth-order valence-electron chi connectivity index (χ4n) is 2.40. The van der Waals surface area contributed by atoms with E-state index in [0.717, 1.165) is 11.3 Å². The van der Waals surface area contributed by atoms with Crippen LogP contribution in [-0.4, -0.2) is 27.8 Å². The SMILES string of the molecule is CCCS(=O)(=O)N1CCC(OC)c2ccccc21. The van der Waals surface area contributed by atoms with Crippen molar-refractivity contribution in [2.45, 2.75) is 25.9 Å². The molecule has 100 valence electrons. The van der Waals surface area contributed by atoms with Gasteiger partial charge in [0.05, 0.1) is 17.5 Å². The largest absolute Gasteiger partial charge is 0.377 e. The molecule has 0 spiro atoms. The molecule has 1 atom stereocenters. The first-order valence-corrected chi connectivity index (χ1v) is 7.83. The Morgan fingerprint density at radius 1 is 1.39 bits per heavy atom. The van der Waals surface area contributed by atoms with Crippen LogP contribution >= 0.6 is 0 Å². The third-order valence-electron chi connectivity index (χ3n) is 3.23. The Balaban J connectivity index is 2.42. The second-order valence-electron chi connectivity index (χ2n) is 4.46. The van der Waals surface area contributed by atoms with Gasteiger partial charge in [-0.15, -0.1) is 0 Å². The fraction of sp³-hybridized carbons (Fsp3) is 0.538. The van der Waals surface area contributed by atoms with E-state index in [1.807, 2.05) is 31.2 Å². The molecule has 0 aliphatic carbocycles. The first-order chi connectivity index (χ1) is 8.60. The lowest BCUT2D eigenvalue weighted by Gasteiger charge is -2.34. The Kier molecular flexibility index (Phi) is 3.92. The van der Waals surface area contributed by atoms with Crippen molar-refractivity contribution in [2.75, 3.05) is 23.7 Å². The van der Waals surface area contributed by atoms with Gasteiger partial charge in [-0.1, -0.05) is 25.1 Å². The van der Waals surface area contributed by atoms with E-state index in [0.29, 0.717) is 19.4 Å². The Bertz CT molecular complexity index is 513. The molecule has 0 saturated heterocycles. The molecule has 1 aliphatic heterocycles. The molecule has 1 aliphatic rings. The van der Waals surface area contributed by atoms with E-state index in [4.69, 9.17) is 4.74 Å². The fourth-order valence-corrected chi connectivity index (χ4v) is 3.99. The summed E-state index contributed by atoms with van der Waals surface area (Å²) in [6, 6.07) is 7.58. The zero-order valence-electron chi connectivity index (χ0n) is 10.8. The van der Waals surface area contributed by atoms with Gasteiger partial charge in [0, 0.05) is 19.2 Å². The summed E-state index contributed by atoms with van der Waals surface area (Å²) in [5.41, 5.74) is 1.73. The molecule has 1 heterocycles. The number of fused-ring (bicyclic) bond motifs is 1. The third-order valence-corrected chi connectivity index (χ3v) is 5.20. The predicted molar refractivity (Wildman–Crippen MR) is 72.2 cm³/mol. The van der Waals surface area contributed by atoms with Crippen LogP contribution in [0, 0.1) is 0 Å². The number of methoxy groups -OCH3 is 1. The number of hydrogen-bond acceptors (Lipinski definition) is 3. The van der Waals surface area contributed by atoms with E-state index in [-0.39, 0.29) is 11.9 Å². The summed E-state index contributed by atoms with van der Waals surface area (Å²) in [6.07, 6.45) is 1.33. The highest BCUT2D eigenvalue weighted by Crippen LogP contribution is 2.36. The molecule has 1 aromatic rings. The highest BCUT2D eigenvalue weighted by Gasteiger charge is 2.31. The minimum Gasteiger partial charge on any atom is -0.377 e. The average Bonchev–Trinajstić information content (AvgIpc) is 2.37. The standard InChI is InChI=1S/C13H19NO3S/c1-3-10-18(15,16)14-9-8-13(17-2)11-6-4-5-7-12(11)14/h4-7,13H,3,8-10H2,1-2H3. The van der Waals surface area contributed by atoms with Gasteiger partial charge in [0.15, 0.2) is 0 Å². The first kappa shape index (κ1) is 13.4. The average molecular weight is 269 g/mol. The summed E-state index contributed by atoms with van der Waals surface area (Å²) in [4.78, 5) is 0. The molecule has 5 heteroatoms. The van der Waals surface area contributed by atoms with Crippen molar-refractivity contribution in [3.63, 3.8) is 0 Å². The van der Waals surface area contributed by atoms with Gasteiger partial charge in [-0.2, -0.15) is 0 Å². The monoisotopic (exact) mass is 269 g/mol. The maximum atomic E-state index is 12.2. The number of para-hydroxylation sites is 1. The number of rotatable bonds is 4. The van der Waals surface area contributed by atoms with E-state index in [9.17, 15) is 8.42 Å². The van der Waals surface area contributed by atoms with E-state index in [2.05, 4.69) is 0 Å². The van der Waals surface area contributed by atoms with Crippen LogP contribution in [0.25, 0.3) is 0 Å². The summed E-state index contributed by atoms with van der Waals surface area (Å²) in [5, 5.41) is 0. The van der Waals surface area contributed by atoms with Crippen molar-refractivity contribution in [2.24, 2.45) is 0 Å². The number of nitrogens with zero attached hydrogens (tertiary/aromatic N) is 1. The van der Waals surface area contributed by atoms with Crippen LogP contribution < -0.4 is 4.31 Å². The lowest BCUT2D eigenvalue weighted by molar-refractivity contribution is 0.0951. The van der Waals surface area contributed by atoms with Crippen LogP contribution in [0.5, 0.6) is 0 Å². The van der Waals surface area contributed by atoms with E-state index in [1.54, 1.807) is 7.11 Å². The van der Waals surface area contributed by atoms with Crippen LogP contribution in [0.1, 0.15) is 31.4 Å². The molecule has 0 radical (unpaired) electrons. The van der Waals surface area contributed by atoms with Crippen LogP contribution in [0.15, 0.2) is 24.3 Å². The van der Waals surface area contributed by atoms with Crippen molar-refractivity contribution in [1.29, 1.82) is 0 Å². The molecule has 4 nitrogen and oxygen atoms in total. The summed E-state index contributed by atoms with van der Waals surface area (Å²) in [6.45, 7) is 2.38. The molecule has 1 unspecified atom stereocenters. The zero-order chi connectivity index (χ0) is 13.2. The van der Waals surface area contributed by atoms with Gasteiger partial charge in [0.25, 0.3) is 0 Å². The number of sulfonamides is 1. The Morgan fingerprint density at radius 3 is 2.78 bits per heavy atom. The van der Waals surface area contributed by atoms with Crippen molar-refractivity contribution in [1.82, 2.24) is 0 Å². The van der Waals surface area contributed by atoms with Gasteiger partial charge in [-0.25, -0.2) is 8.42 Å². The van der Waals surface area contributed by atoms with Crippen molar-refractivity contribution in [3.05, 3.63) is 29.8 Å². The number of hydrogen-bond donors (Lipinski definition) is 0. The topological polar surface area (TPSA) is 46.6 Å². The molecule has 0 aromatic heterocycles. The lowest BCUT2D eigenvalue weighted by atomic mass is 10.0. The highest BCUT2D eigenvalue weighted by atomic mass is 32.2. The van der Waals surface area contributed by atoms with Gasteiger partial charge in [-0.3, -0.25) is 4.31 Å². The quantitative estimate of drug-likeness (QED) is 0.842. The van der Waals surface area contributed by atoms with Crippen LogP contribution in [-0.2, 0) is 14.8 Å². The van der Waals surface area contributed by atoms with E-state index < -0.39 is 10.0 Å². The van der Waals surface area contributed by atoms with Crippen LogP contribution in [0.4, 0.5) is 5.69 Å². The predicted octanol–water partition coefficient (Wildman–Crippen LogP) is 2.32. The van der Waals surface area contributed by atoms with E-state index in [1.165, 1.54) is 4.31 Å². The normalized spacial score (nSPS) is 19.7. The molecule has 1 aromatic carbocycles. The molecule has 0 fully saturated rings. The van der Waals surface area contributed by atoms with Crippen LogP contribution in [0.3, 0.4) is 0 Å². The van der Waals surface area contributed by atoms with Crippen molar-refractivity contribution in [3.8, 4) is 0 Å². The van der Waals surface area contributed by atoms with Crippen LogP contribution in [0.2, 0.25) is 0 Å². The van der Waals surface area contributed by atoms with Gasteiger partial charge < -0.3 is 4.74 Å². The molecule has 0 bridgehead atoms.